The highest BCUT2D eigenvalue weighted by molar-refractivity contribution is 6.25. The summed E-state index contributed by atoms with van der Waals surface area (Å²) in [5.74, 6) is -0.528. The number of aromatic hydroxyl groups is 1. The maximum absolute atomic E-state index is 13.4. The SMILES string of the molecule is CCOC(=O)c1c(C)nc2c(c1Nc1ccc(O)c(CN(CC)CC)c1)C(=O)c1ccccc1-2. The average Bonchev–Trinajstić information content (AvgIpc) is 3.11. The lowest BCUT2D eigenvalue weighted by atomic mass is 10.0. The fraction of sp³-hybridized carbons (Fsp3) is 0.296. The topological polar surface area (TPSA) is 91.8 Å². The van der Waals surface area contributed by atoms with E-state index < -0.39 is 5.97 Å². The summed E-state index contributed by atoms with van der Waals surface area (Å²) < 4.78 is 5.31. The van der Waals surface area contributed by atoms with Gasteiger partial charge in [0.25, 0.3) is 0 Å². The zero-order valence-corrected chi connectivity index (χ0v) is 19.9. The van der Waals surface area contributed by atoms with Crippen LogP contribution in [0.15, 0.2) is 42.5 Å². The number of ether oxygens (including phenoxy) is 1. The smallest absolute Gasteiger partial charge is 0.342 e. The van der Waals surface area contributed by atoms with E-state index in [1.165, 1.54) is 0 Å². The van der Waals surface area contributed by atoms with Crippen LogP contribution in [0, 0.1) is 6.92 Å². The molecule has 0 spiro atoms. The summed E-state index contributed by atoms with van der Waals surface area (Å²) in [6, 6.07) is 12.5. The van der Waals surface area contributed by atoms with Gasteiger partial charge in [-0.3, -0.25) is 14.7 Å². The van der Waals surface area contributed by atoms with Crippen molar-refractivity contribution >= 4 is 23.1 Å². The Kier molecular flexibility index (Phi) is 6.65. The zero-order valence-electron chi connectivity index (χ0n) is 19.9. The van der Waals surface area contributed by atoms with E-state index >= 15 is 0 Å². The van der Waals surface area contributed by atoms with Gasteiger partial charge in [0.2, 0.25) is 0 Å². The van der Waals surface area contributed by atoms with Crippen LogP contribution in [0.4, 0.5) is 11.4 Å². The normalized spacial score (nSPS) is 12.0. The van der Waals surface area contributed by atoms with Crippen molar-refractivity contribution in [2.24, 2.45) is 0 Å². The molecule has 1 aromatic heterocycles. The highest BCUT2D eigenvalue weighted by Gasteiger charge is 2.35. The van der Waals surface area contributed by atoms with E-state index in [2.05, 4.69) is 29.0 Å². The number of carbonyl (C=O) groups excluding carboxylic acids is 2. The Morgan fingerprint density at radius 1 is 1.09 bits per heavy atom. The number of pyridine rings is 1. The summed E-state index contributed by atoms with van der Waals surface area (Å²) in [4.78, 5) is 33.2. The second-order valence-electron chi connectivity index (χ2n) is 8.20. The van der Waals surface area contributed by atoms with Crippen molar-refractivity contribution in [3.63, 3.8) is 0 Å². The number of hydrogen-bond donors (Lipinski definition) is 2. The molecule has 0 radical (unpaired) electrons. The van der Waals surface area contributed by atoms with Crippen LogP contribution in [0.25, 0.3) is 11.3 Å². The summed E-state index contributed by atoms with van der Waals surface area (Å²) in [5, 5.41) is 13.7. The molecule has 0 amide bonds. The van der Waals surface area contributed by atoms with Crippen LogP contribution in [0.5, 0.6) is 5.75 Å². The Balaban J connectivity index is 1.86. The monoisotopic (exact) mass is 459 g/mol. The number of esters is 1. The van der Waals surface area contributed by atoms with Crippen molar-refractivity contribution < 1.29 is 19.4 Å². The number of anilines is 2. The molecule has 0 atom stereocenters. The molecular formula is C27H29N3O4. The molecule has 0 unspecified atom stereocenters. The van der Waals surface area contributed by atoms with Gasteiger partial charge in [0.1, 0.15) is 11.3 Å². The Morgan fingerprint density at radius 2 is 1.79 bits per heavy atom. The third-order valence-corrected chi connectivity index (χ3v) is 6.15. The molecular weight excluding hydrogens is 430 g/mol. The summed E-state index contributed by atoms with van der Waals surface area (Å²) >= 11 is 0. The number of rotatable bonds is 8. The number of benzene rings is 2. The number of phenols is 1. The van der Waals surface area contributed by atoms with Crippen molar-refractivity contribution in [3.8, 4) is 17.0 Å². The zero-order chi connectivity index (χ0) is 24.4. The van der Waals surface area contributed by atoms with Gasteiger partial charge in [-0.1, -0.05) is 38.1 Å². The molecule has 0 saturated heterocycles. The van der Waals surface area contributed by atoms with Gasteiger partial charge in [0, 0.05) is 28.9 Å². The van der Waals surface area contributed by atoms with Crippen molar-refractivity contribution in [1.29, 1.82) is 0 Å². The fourth-order valence-electron chi connectivity index (χ4n) is 4.34. The maximum atomic E-state index is 13.4. The first-order valence-corrected chi connectivity index (χ1v) is 11.6. The van der Waals surface area contributed by atoms with Gasteiger partial charge in [-0.25, -0.2) is 4.79 Å². The number of nitrogens with zero attached hydrogens (tertiary/aromatic N) is 2. The van der Waals surface area contributed by atoms with Crippen LogP contribution >= 0.6 is 0 Å². The molecule has 0 fully saturated rings. The minimum absolute atomic E-state index is 0.187. The molecule has 7 nitrogen and oxygen atoms in total. The predicted octanol–water partition coefficient (Wildman–Crippen LogP) is 5.07. The first kappa shape index (κ1) is 23.4. The van der Waals surface area contributed by atoms with Crippen LogP contribution in [0.3, 0.4) is 0 Å². The van der Waals surface area contributed by atoms with Crippen LogP contribution < -0.4 is 5.32 Å². The Hall–Kier alpha value is -3.71. The van der Waals surface area contributed by atoms with E-state index in [1.807, 2.05) is 24.3 Å². The lowest BCUT2D eigenvalue weighted by molar-refractivity contribution is 0.0526. The molecule has 1 heterocycles. The van der Waals surface area contributed by atoms with E-state index in [9.17, 15) is 14.7 Å². The fourth-order valence-corrected chi connectivity index (χ4v) is 4.34. The molecule has 0 saturated carbocycles. The van der Waals surface area contributed by atoms with Gasteiger partial charge in [-0.05, 0) is 45.1 Å². The molecule has 0 bridgehead atoms. The molecule has 1 aliphatic rings. The number of aromatic nitrogens is 1. The number of phenolic OH excluding ortho intramolecular Hbond substituents is 1. The molecule has 2 N–H and O–H groups in total. The standard InChI is InChI=1S/C27H29N3O4/c1-5-30(6-2)15-17-14-18(12-13-21(17)31)29-25-22(27(33)34-7-3)16(4)28-24-19-10-8-9-11-20(19)26(32)23(24)25/h8-14,31H,5-7,15H2,1-4H3,(H,28,29). The summed E-state index contributed by atoms with van der Waals surface area (Å²) in [6.07, 6.45) is 0. The van der Waals surface area contributed by atoms with E-state index in [0.29, 0.717) is 40.4 Å². The number of nitrogens with one attached hydrogen (secondary N) is 1. The van der Waals surface area contributed by atoms with Gasteiger partial charge in [-0.2, -0.15) is 0 Å². The molecule has 1 aliphatic carbocycles. The first-order chi connectivity index (χ1) is 16.4. The summed E-state index contributed by atoms with van der Waals surface area (Å²) in [5.41, 5.74) is 4.71. The number of fused-ring (bicyclic) bond motifs is 3. The average molecular weight is 460 g/mol. The van der Waals surface area contributed by atoms with Crippen molar-refractivity contribution in [2.45, 2.75) is 34.2 Å². The number of carbonyl (C=O) groups is 2. The largest absolute Gasteiger partial charge is 0.508 e. The van der Waals surface area contributed by atoms with Crippen LogP contribution in [-0.4, -0.2) is 46.4 Å². The van der Waals surface area contributed by atoms with Gasteiger partial charge >= 0.3 is 5.97 Å². The Bertz CT molecular complexity index is 1260. The minimum atomic E-state index is -0.538. The van der Waals surface area contributed by atoms with Crippen LogP contribution in [0.1, 0.15) is 58.3 Å². The van der Waals surface area contributed by atoms with E-state index in [1.54, 1.807) is 32.0 Å². The van der Waals surface area contributed by atoms with Crippen LogP contribution in [0.2, 0.25) is 0 Å². The molecule has 3 aromatic rings. The number of aryl methyl sites for hydroxylation is 1. The number of hydrogen-bond acceptors (Lipinski definition) is 7. The van der Waals surface area contributed by atoms with Crippen LogP contribution in [-0.2, 0) is 11.3 Å². The first-order valence-electron chi connectivity index (χ1n) is 11.6. The Labute approximate surface area is 199 Å². The second kappa shape index (κ2) is 9.65. The third-order valence-electron chi connectivity index (χ3n) is 6.15. The molecule has 4 rings (SSSR count). The molecule has 7 heteroatoms. The molecule has 0 aliphatic heterocycles. The van der Waals surface area contributed by atoms with Gasteiger partial charge < -0.3 is 15.2 Å². The molecule has 34 heavy (non-hydrogen) atoms. The molecule has 176 valence electrons. The Morgan fingerprint density at radius 3 is 2.47 bits per heavy atom. The highest BCUT2D eigenvalue weighted by atomic mass is 16.5. The lowest BCUT2D eigenvalue weighted by Crippen LogP contribution is -2.22. The predicted molar refractivity (Wildman–Crippen MR) is 132 cm³/mol. The van der Waals surface area contributed by atoms with Gasteiger partial charge in [0.05, 0.1) is 29.2 Å². The summed E-state index contributed by atoms with van der Waals surface area (Å²) in [7, 11) is 0. The van der Waals surface area contributed by atoms with E-state index in [4.69, 9.17) is 4.74 Å². The van der Waals surface area contributed by atoms with Gasteiger partial charge in [-0.15, -0.1) is 0 Å². The maximum Gasteiger partial charge on any atom is 0.342 e. The number of ketones is 1. The van der Waals surface area contributed by atoms with Crippen molar-refractivity contribution in [1.82, 2.24) is 9.88 Å². The third kappa shape index (κ3) is 4.15. The van der Waals surface area contributed by atoms with E-state index in [0.717, 1.165) is 24.2 Å². The lowest BCUT2D eigenvalue weighted by Gasteiger charge is -2.20. The molecule has 2 aromatic carbocycles. The van der Waals surface area contributed by atoms with E-state index in [-0.39, 0.29) is 23.7 Å². The van der Waals surface area contributed by atoms with Crippen molar-refractivity contribution in [2.75, 3.05) is 25.0 Å². The summed E-state index contributed by atoms with van der Waals surface area (Å²) in [6.45, 7) is 10.1. The van der Waals surface area contributed by atoms with Crippen molar-refractivity contribution in [3.05, 3.63) is 70.4 Å². The highest BCUT2D eigenvalue weighted by Crippen LogP contribution is 2.42. The minimum Gasteiger partial charge on any atom is -0.508 e. The van der Waals surface area contributed by atoms with Gasteiger partial charge in [0.15, 0.2) is 5.78 Å². The second-order valence-corrected chi connectivity index (χ2v) is 8.20. The quantitative estimate of drug-likeness (QED) is 0.281.